The van der Waals surface area contributed by atoms with Gasteiger partial charge in [-0.05, 0) is 12.8 Å². The monoisotopic (exact) mass is 242 g/mol. The van der Waals surface area contributed by atoms with E-state index in [1.807, 2.05) is 30.6 Å². The van der Waals surface area contributed by atoms with Crippen LogP contribution >= 0.6 is 0 Å². The van der Waals surface area contributed by atoms with E-state index in [0.29, 0.717) is 0 Å². The highest BCUT2D eigenvalue weighted by Crippen LogP contribution is 2.32. The van der Waals surface area contributed by atoms with E-state index in [1.165, 1.54) is 6.42 Å². The number of aromatic nitrogens is 2. The second-order valence-electron chi connectivity index (χ2n) is 4.94. The number of hydrogen-bond acceptors (Lipinski definition) is 2. The molecule has 1 saturated carbocycles. The van der Waals surface area contributed by atoms with E-state index in [-0.39, 0.29) is 12.1 Å². The van der Waals surface area contributed by atoms with Gasteiger partial charge in [0, 0.05) is 18.0 Å². The molecule has 0 bridgehead atoms. The lowest BCUT2D eigenvalue weighted by Crippen LogP contribution is -2.27. The summed E-state index contributed by atoms with van der Waals surface area (Å²) in [6.45, 7) is 0. The SMILES string of the molecule is OC1CCCCC1n1ccnc1-c1ccccc1. The number of rotatable bonds is 2. The predicted molar refractivity (Wildman–Crippen MR) is 71.2 cm³/mol. The molecule has 1 aliphatic carbocycles. The van der Waals surface area contributed by atoms with Gasteiger partial charge in [0.25, 0.3) is 0 Å². The molecular weight excluding hydrogens is 224 g/mol. The summed E-state index contributed by atoms with van der Waals surface area (Å²) in [6.07, 6.45) is 7.83. The molecule has 2 atom stereocenters. The molecule has 0 radical (unpaired) electrons. The maximum atomic E-state index is 10.2. The molecular formula is C15H18N2O. The molecule has 1 aromatic carbocycles. The molecule has 0 amide bonds. The van der Waals surface area contributed by atoms with E-state index in [1.54, 1.807) is 0 Å². The van der Waals surface area contributed by atoms with Gasteiger partial charge in [-0.25, -0.2) is 4.98 Å². The third kappa shape index (κ3) is 2.06. The molecule has 1 N–H and O–H groups in total. The number of hydrogen-bond donors (Lipinski definition) is 1. The van der Waals surface area contributed by atoms with E-state index in [4.69, 9.17) is 0 Å². The molecule has 1 aromatic heterocycles. The van der Waals surface area contributed by atoms with Gasteiger partial charge >= 0.3 is 0 Å². The van der Waals surface area contributed by atoms with Crippen LogP contribution in [0, 0.1) is 0 Å². The van der Waals surface area contributed by atoms with Crippen molar-refractivity contribution in [3.8, 4) is 11.4 Å². The smallest absolute Gasteiger partial charge is 0.140 e. The molecule has 3 heteroatoms. The molecule has 1 heterocycles. The Morgan fingerprint density at radius 1 is 1.11 bits per heavy atom. The predicted octanol–water partition coefficient (Wildman–Crippen LogP) is 3.03. The van der Waals surface area contributed by atoms with Gasteiger partial charge in [0.1, 0.15) is 5.82 Å². The summed E-state index contributed by atoms with van der Waals surface area (Å²) in [5.74, 6) is 0.960. The van der Waals surface area contributed by atoms with Gasteiger partial charge in [-0.2, -0.15) is 0 Å². The van der Waals surface area contributed by atoms with Crippen molar-refractivity contribution < 1.29 is 5.11 Å². The normalized spacial score (nSPS) is 24.1. The maximum Gasteiger partial charge on any atom is 0.140 e. The fourth-order valence-electron chi connectivity index (χ4n) is 2.81. The van der Waals surface area contributed by atoms with Gasteiger partial charge in [-0.15, -0.1) is 0 Å². The molecule has 94 valence electrons. The van der Waals surface area contributed by atoms with Crippen molar-refractivity contribution in [2.45, 2.75) is 37.8 Å². The first-order chi connectivity index (χ1) is 8.86. The average molecular weight is 242 g/mol. The first kappa shape index (κ1) is 11.5. The second kappa shape index (κ2) is 4.94. The Kier molecular flexibility index (Phi) is 3.15. The third-order valence-electron chi connectivity index (χ3n) is 3.75. The van der Waals surface area contributed by atoms with Crippen molar-refractivity contribution in [1.82, 2.24) is 9.55 Å². The fourth-order valence-corrected chi connectivity index (χ4v) is 2.81. The highest BCUT2D eigenvalue weighted by Gasteiger charge is 2.26. The van der Waals surface area contributed by atoms with Gasteiger partial charge in [0.15, 0.2) is 0 Å². The zero-order chi connectivity index (χ0) is 12.4. The van der Waals surface area contributed by atoms with Crippen molar-refractivity contribution in [3.63, 3.8) is 0 Å². The first-order valence-electron chi connectivity index (χ1n) is 6.62. The lowest BCUT2D eigenvalue weighted by Gasteiger charge is -2.29. The van der Waals surface area contributed by atoms with E-state index in [9.17, 15) is 5.11 Å². The van der Waals surface area contributed by atoms with Gasteiger partial charge in [-0.1, -0.05) is 43.2 Å². The van der Waals surface area contributed by atoms with E-state index >= 15 is 0 Å². The minimum absolute atomic E-state index is 0.177. The first-order valence-corrected chi connectivity index (χ1v) is 6.62. The Morgan fingerprint density at radius 2 is 1.89 bits per heavy atom. The highest BCUT2D eigenvalue weighted by atomic mass is 16.3. The van der Waals surface area contributed by atoms with Gasteiger partial charge in [0.05, 0.1) is 12.1 Å². The molecule has 0 spiro atoms. The van der Waals surface area contributed by atoms with Crippen molar-refractivity contribution in [2.75, 3.05) is 0 Å². The van der Waals surface area contributed by atoms with Crippen molar-refractivity contribution >= 4 is 0 Å². The van der Waals surface area contributed by atoms with Crippen LogP contribution in [-0.2, 0) is 0 Å². The number of benzene rings is 1. The fraction of sp³-hybridized carbons (Fsp3) is 0.400. The standard InChI is InChI=1S/C15H18N2O/c18-14-9-5-4-8-13(14)17-11-10-16-15(17)12-6-2-1-3-7-12/h1-3,6-7,10-11,13-14,18H,4-5,8-9H2. The van der Waals surface area contributed by atoms with Crippen LogP contribution in [0.3, 0.4) is 0 Å². The van der Waals surface area contributed by atoms with E-state index in [0.717, 1.165) is 30.7 Å². The summed E-state index contributed by atoms with van der Waals surface area (Å²) in [5.41, 5.74) is 1.11. The summed E-state index contributed by atoms with van der Waals surface area (Å²) < 4.78 is 2.14. The molecule has 2 unspecified atom stereocenters. The van der Waals surface area contributed by atoms with Crippen molar-refractivity contribution in [3.05, 3.63) is 42.7 Å². The van der Waals surface area contributed by atoms with Crippen LogP contribution in [0.2, 0.25) is 0 Å². The Bertz CT molecular complexity index is 506. The van der Waals surface area contributed by atoms with Crippen LogP contribution in [0.4, 0.5) is 0 Å². The number of imidazole rings is 1. The van der Waals surface area contributed by atoms with Crippen LogP contribution in [0.1, 0.15) is 31.7 Å². The maximum absolute atomic E-state index is 10.2. The van der Waals surface area contributed by atoms with Crippen LogP contribution < -0.4 is 0 Å². The zero-order valence-corrected chi connectivity index (χ0v) is 10.4. The van der Waals surface area contributed by atoms with Gasteiger partial charge in [-0.3, -0.25) is 0 Å². The number of aliphatic hydroxyl groups is 1. The van der Waals surface area contributed by atoms with Crippen LogP contribution in [0.5, 0.6) is 0 Å². The lowest BCUT2D eigenvalue weighted by atomic mass is 9.92. The van der Waals surface area contributed by atoms with Crippen LogP contribution in [0.25, 0.3) is 11.4 Å². The minimum Gasteiger partial charge on any atom is -0.391 e. The molecule has 3 rings (SSSR count). The molecule has 2 aromatic rings. The quantitative estimate of drug-likeness (QED) is 0.879. The molecule has 1 fully saturated rings. The minimum atomic E-state index is -0.240. The second-order valence-corrected chi connectivity index (χ2v) is 4.94. The van der Waals surface area contributed by atoms with E-state index in [2.05, 4.69) is 21.7 Å². The summed E-state index contributed by atoms with van der Waals surface area (Å²) in [4.78, 5) is 4.45. The zero-order valence-electron chi connectivity index (χ0n) is 10.4. The molecule has 0 aliphatic heterocycles. The summed E-state index contributed by atoms with van der Waals surface area (Å²) >= 11 is 0. The summed E-state index contributed by atoms with van der Waals surface area (Å²) in [6, 6.07) is 10.3. The number of nitrogens with zero attached hydrogens (tertiary/aromatic N) is 2. The van der Waals surface area contributed by atoms with Crippen LogP contribution in [-0.4, -0.2) is 20.8 Å². The summed E-state index contributed by atoms with van der Waals surface area (Å²) in [7, 11) is 0. The average Bonchev–Trinajstić information content (AvgIpc) is 2.89. The largest absolute Gasteiger partial charge is 0.391 e. The Hall–Kier alpha value is -1.61. The lowest BCUT2D eigenvalue weighted by molar-refractivity contribution is 0.0762. The Morgan fingerprint density at radius 3 is 2.67 bits per heavy atom. The van der Waals surface area contributed by atoms with Gasteiger partial charge < -0.3 is 9.67 Å². The highest BCUT2D eigenvalue weighted by molar-refractivity contribution is 5.55. The molecule has 1 aliphatic rings. The third-order valence-corrected chi connectivity index (χ3v) is 3.75. The topological polar surface area (TPSA) is 38.0 Å². The molecule has 0 saturated heterocycles. The summed E-state index contributed by atoms with van der Waals surface area (Å²) in [5, 5.41) is 10.2. The Balaban J connectivity index is 1.96. The molecule has 3 nitrogen and oxygen atoms in total. The number of aliphatic hydroxyl groups excluding tert-OH is 1. The van der Waals surface area contributed by atoms with Crippen molar-refractivity contribution in [1.29, 1.82) is 0 Å². The van der Waals surface area contributed by atoms with Crippen LogP contribution in [0.15, 0.2) is 42.7 Å². The molecule has 18 heavy (non-hydrogen) atoms. The van der Waals surface area contributed by atoms with E-state index < -0.39 is 0 Å². The Labute approximate surface area is 107 Å². The van der Waals surface area contributed by atoms with Crippen molar-refractivity contribution in [2.24, 2.45) is 0 Å². The van der Waals surface area contributed by atoms with Gasteiger partial charge in [0.2, 0.25) is 0 Å².